The van der Waals surface area contributed by atoms with Crippen LogP contribution in [0.4, 0.5) is 0 Å². The van der Waals surface area contributed by atoms with Gasteiger partial charge in [-0.1, -0.05) is 129 Å². The Kier molecular flexibility index (Phi) is 26.7. The van der Waals surface area contributed by atoms with Crippen molar-refractivity contribution < 1.29 is 44.2 Å². The lowest BCUT2D eigenvalue weighted by Gasteiger charge is -2.36. The van der Waals surface area contributed by atoms with E-state index in [9.17, 15) is 30.0 Å². The summed E-state index contributed by atoms with van der Waals surface area (Å²) in [5.41, 5.74) is 0. The number of aliphatic hydroxyl groups is 4. The number of carbonyl (C=O) groups is 2. The number of rotatable bonds is 29. The van der Waals surface area contributed by atoms with Crippen molar-refractivity contribution in [1.29, 1.82) is 0 Å². The van der Waals surface area contributed by atoms with Gasteiger partial charge in [0.15, 0.2) is 12.4 Å². The monoisotopic (exact) mass is 683 g/mol. The van der Waals surface area contributed by atoms with Gasteiger partial charge in [0.05, 0.1) is 24.9 Å². The molecule has 0 aromatic rings. The van der Waals surface area contributed by atoms with E-state index in [0.717, 1.165) is 44.4 Å². The molecular weight excluding hydrogens is 612 g/mol. The maximum Gasteiger partial charge on any atom is 0.306 e. The molecule has 9 heteroatoms. The van der Waals surface area contributed by atoms with Gasteiger partial charge < -0.3 is 34.6 Å². The van der Waals surface area contributed by atoms with Gasteiger partial charge in [0.1, 0.15) is 6.61 Å². The summed E-state index contributed by atoms with van der Waals surface area (Å²) in [4.78, 5) is 24.4. The normalized spacial score (nSPS) is 21.2. The van der Waals surface area contributed by atoms with Gasteiger partial charge in [0.2, 0.25) is 0 Å². The molecule has 0 aromatic heterocycles. The van der Waals surface area contributed by atoms with Crippen molar-refractivity contribution >= 4 is 11.9 Å². The first-order chi connectivity index (χ1) is 23.2. The Morgan fingerprint density at radius 2 is 1.46 bits per heavy atom. The van der Waals surface area contributed by atoms with Crippen molar-refractivity contribution in [2.45, 2.75) is 186 Å². The Labute approximate surface area is 291 Å². The molecule has 280 valence electrons. The second-order valence-corrected chi connectivity index (χ2v) is 14.0. The molecule has 1 unspecified atom stereocenters. The molecule has 0 saturated carbocycles. The highest BCUT2D eigenvalue weighted by molar-refractivity contribution is 5.70. The molecule has 0 aromatic carbocycles. The first kappa shape index (κ1) is 44.2. The third-order valence-electron chi connectivity index (χ3n) is 8.97. The van der Waals surface area contributed by atoms with Gasteiger partial charge >= 0.3 is 11.9 Å². The van der Waals surface area contributed by atoms with Crippen LogP contribution in [0.3, 0.4) is 0 Å². The van der Waals surface area contributed by atoms with Crippen LogP contribution in [0.25, 0.3) is 0 Å². The minimum atomic E-state index is -1.05. The van der Waals surface area contributed by atoms with Crippen LogP contribution in [-0.4, -0.2) is 76.3 Å². The van der Waals surface area contributed by atoms with Crippen LogP contribution in [0, 0.1) is 11.8 Å². The number of ether oxygens (including phenoxy) is 3. The molecule has 1 fully saturated rings. The summed E-state index contributed by atoms with van der Waals surface area (Å²) in [6.45, 7) is 6.11. The summed E-state index contributed by atoms with van der Waals surface area (Å²) in [5.74, 6) is -0.239. The summed E-state index contributed by atoms with van der Waals surface area (Å²) < 4.78 is 16.2. The number of hydrogen-bond donors (Lipinski definition) is 4. The highest BCUT2D eigenvalue weighted by Crippen LogP contribution is 2.29. The van der Waals surface area contributed by atoms with Crippen molar-refractivity contribution in [2.24, 2.45) is 11.8 Å². The van der Waals surface area contributed by atoms with E-state index in [4.69, 9.17) is 14.2 Å². The Morgan fingerprint density at radius 1 is 0.833 bits per heavy atom. The highest BCUT2D eigenvalue weighted by atomic mass is 16.6. The molecule has 0 radical (unpaired) electrons. The van der Waals surface area contributed by atoms with Gasteiger partial charge in [-0.3, -0.25) is 9.59 Å². The molecule has 1 rings (SSSR count). The van der Waals surface area contributed by atoms with Gasteiger partial charge in [0.25, 0.3) is 0 Å². The number of carbonyl (C=O) groups excluding carboxylic acids is 2. The summed E-state index contributed by atoms with van der Waals surface area (Å²) in [6, 6.07) is 0. The Balaban J connectivity index is 2.18. The smallest absolute Gasteiger partial charge is 0.306 e. The maximum absolute atomic E-state index is 12.2. The van der Waals surface area contributed by atoms with Crippen molar-refractivity contribution in [3.8, 4) is 0 Å². The largest absolute Gasteiger partial charge is 0.462 e. The van der Waals surface area contributed by atoms with Gasteiger partial charge in [-0.2, -0.15) is 0 Å². The van der Waals surface area contributed by atoms with Gasteiger partial charge in [-0.25, -0.2) is 0 Å². The zero-order valence-electron chi connectivity index (χ0n) is 30.4. The van der Waals surface area contributed by atoms with E-state index in [0.29, 0.717) is 32.1 Å². The number of aliphatic hydroxyl groups excluding tert-OH is 4. The first-order valence-corrected chi connectivity index (χ1v) is 19.1. The van der Waals surface area contributed by atoms with E-state index in [1.54, 1.807) is 12.2 Å². The van der Waals surface area contributed by atoms with Crippen LogP contribution in [0.15, 0.2) is 24.3 Å². The van der Waals surface area contributed by atoms with E-state index in [-0.39, 0.29) is 31.3 Å². The fraction of sp³-hybridized carbons (Fsp3) is 0.846. The molecule has 0 amide bonds. The molecule has 0 spiro atoms. The zero-order chi connectivity index (χ0) is 35.4. The molecule has 4 N–H and O–H groups in total. The summed E-state index contributed by atoms with van der Waals surface area (Å²) in [5, 5.41) is 40.3. The van der Waals surface area contributed by atoms with Crippen molar-refractivity contribution in [3.63, 3.8) is 0 Å². The summed E-state index contributed by atoms with van der Waals surface area (Å²) in [6.07, 6.45) is 22.9. The van der Waals surface area contributed by atoms with E-state index in [1.165, 1.54) is 51.4 Å². The quantitative estimate of drug-likeness (QED) is 0.0359. The van der Waals surface area contributed by atoms with E-state index < -0.39 is 43.3 Å². The number of unbranched alkanes of at least 4 members (excludes halogenated alkanes) is 12. The lowest BCUT2D eigenvalue weighted by molar-refractivity contribution is -0.199. The zero-order valence-corrected chi connectivity index (χ0v) is 30.4. The molecule has 6 atom stereocenters. The second kappa shape index (κ2) is 29.0. The minimum Gasteiger partial charge on any atom is -0.462 e. The predicted octanol–water partition coefficient (Wildman–Crippen LogP) is 7.47. The number of esters is 2. The predicted molar refractivity (Wildman–Crippen MR) is 190 cm³/mol. The van der Waals surface area contributed by atoms with Crippen LogP contribution in [0.2, 0.25) is 0 Å². The molecule has 0 bridgehead atoms. The standard InChI is InChI=1S/C39H70O9/c1-4-5-16-22-32(41)26-27-36-34(35(42)28-39(45)48-36)23-18-14-15-19-24-37(43)46-30-33(29-40)47-38(44)25-20-13-11-9-7-6-8-10-12-17-21-31(2)3/h14,18,26-27,31-36,39-42,45H,4-13,15-17,19-25,28-30H2,1-3H3/b18-14-,27-26+/t32-,33-,34-,35-,36+,39?/m0/s1. The topological polar surface area (TPSA) is 143 Å². The fourth-order valence-electron chi connectivity index (χ4n) is 5.95. The average molecular weight is 683 g/mol. The molecule has 48 heavy (non-hydrogen) atoms. The minimum absolute atomic E-state index is 0.136. The molecular formula is C39H70O9. The third-order valence-corrected chi connectivity index (χ3v) is 8.97. The van der Waals surface area contributed by atoms with Gasteiger partial charge in [0, 0.05) is 25.2 Å². The SMILES string of the molecule is CCCCC[C@H](O)/C=C/[C@H]1OC(O)C[C@H](O)[C@@H]1C/C=C\CCCC(=O)OC[C@H](CO)OC(=O)CCCCCCCCCCCCC(C)C. The number of allylic oxidation sites excluding steroid dienone is 2. The van der Waals surface area contributed by atoms with Gasteiger partial charge in [-0.05, 0) is 38.0 Å². The summed E-state index contributed by atoms with van der Waals surface area (Å²) in [7, 11) is 0. The van der Waals surface area contributed by atoms with Crippen LogP contribution in [0.1, 0.15) is 156 Å². The Morgan fingerprint density at radius 3 is 2.10 bits per heavy atom. The lowest BCUT2D eigenvalue weighted by atomic mass is 9.87. The molecule has 0 aliphatic carbocycles. The lowest BCUT2D eigenvalue weighted by Crippen LogP contribution is -2.43. The third kappa shape index (κ3) is 23.6. The molecule has 1 heterocycles. The first-order valence-electron chi connectivity index (χ1n) is 19.1. The Bertz CT molecular complexity index is 858. The van der Waals surface area contributed by atoms with Crippen LogP contribution in [-0.2, 0) is 23.8 Å². The molecule has 1 aliphatic rings. The Hall–Kier alpha value is -1.78. The molecule has 1 aliphatic heterocycles. The van der Waals surface area contributed by atoms with Crippen molar-refractivity contribution in [1.82, 2.24) is 0 Å². The van der Waals surface area contributed by atoms with Crippen LogP contribution < -0.4 is 0 Å². The molecule has 1 saturated heterocycles. The molecule has 9 nitrogen and oxygen atoms in total. The van der Waals surface area contributed by atoms with Gasteiger partial charge in [-0.15, -0.1) is 0 Å². The number of hydrogen-bond acceptors (Lipinski definition) is 9. The van der Waals surface area contributed by atoms with Crippen molar-refractivity contribution in [3.05, 3.63) is 24.3 Å². The van der Waals surface area contributed by atoms with Crippen LogP contribution >= 0.6 is 0 Å². The maximum atomic E-state index is 12.2. The fourth-order valence-corrected chi connectivity index (χ4v) is 5.95. The average Bonchev–Trinajstić information content (AvgIpc) is 3.04. The second-order valence-electron chi connectivity index (χ2n) is 14.0. The van der Waals surface area contributed by atoms with Crippen LogP contribution in [0.5, 0.6) is 0 Å². The van der Waals surface area contributed by atoms with Crippen molar-refractivity contribution in [2.75, 3.05) is 13.2 Å². The highest BCUT2D eigenvalue weighted by Gasteiger charge is 2.35. The summed E-state index contributed by atoms with van der Waals surface area (Å²) >= 11 is 0. The van der Waals surface area contributed by atoms with E-state index in [1.807, 2.05) is 12.2 Å². The van der Waals surface area contributed by atoms with E-state index >= 15 is 0 Å². The van der Waals surface area contributed by atoms with E-state index in [2.05, 4.69) is 20.8 Å².